The molecule has 0 aliphatic carbocycles. The number of amides is 1. The van der Waals surface area contributed by atoms with E-state index in [1.807, 2.05) is 67.2 Å². The lowest BCUT2D eigenvalue weighted by Crippen LogP contribution is -2.37. The third kappa shape index (κ3) is 7.49. The van der Waals surface area contributed by atoms with E-state index in [1.165, 1.54) is 11.1 Å². The molecule has 1 unspecified atom stereocenters. The number of carbonyl (C=O) groups is 1. The summed E-state index contributed by atoms with van der Waals surface area (Å²) in [6.45, 7) is 8.73. The van der Waals surface area contributed by atoms with Crippen LogP contribution in [0.3, 0.4) is 0 Å². The van der Waals surface area contributed by atoms with Crippen molar-refractivity contribution < 1.29 is 4.79 Å². The molecule has 0 saturated heterocycles. The zero-order valence-electron chi connectivity index (χ0n) is 19.7. The van der Waals surface area contributed by atoms with Crippen LogP contribution in [0.25, 0.3) is 0 Å². The van der Waals surface area contributed by atoms with Gasteiger partial charge in [-0.25, -0.2) is 4.99 Å². The molecule has 1 heterocycles. The zero-order valence-corrected chi connectivity index (χ0v) is 19.7. The highest BCUT2D eigenvalue weighted by atomic mass is 16.1. The highest BCUT2D eigenvalue weighted by Crippen LogP contribution is 2.11. The minimum Gasteiger partial charge on any atom is -0.357 e. The SMILES string of the molecule is CCNC(=NCc1cccc(C(=O)NC(C)CC)c1)NCc1ccccc1Cn1cccn1. The van der Waals surface area contributed by atoms with Gasteiger partial charge in [0.05, 0.1) is 13.1 Å². The Labute approximate surface area is 196 Å². The van der Waals surface area contributed by atoms with E-state index in [4.69, 9.17) is 4.99 Å². The van der Waals surface area contributed by atoms with Crippen LogP contribution in [0.5, 0.6) is 0 Å². The van der Waals surface area contributed by atoms with Gasteiger partial charge in [0.1, 0.15) is 0 Å². The fourth-order valence-corrected chi connectivity index (χ4v) is 3.36. The van der Waals surface area contributed by atoms with E-state index in [2.05, 4.69) is 40.1 Å². The van der Waals surface area contributed by atoms with E-state index in [0.29, 0.717) is 18.7 Å². The zero-order chi connectivity index (χ0) is 23.5. The van der Waals surface area contributed by atoms with Crippen molar-refractivity contribution in [3.05, 3.63) is 89.2 Å². The van der Waals surface area contributed by atoms with E-state index < -0.39 is 0 Å². The molecule has 0 aliphatic rings. The summed E-state index contributed by atoms with van der Waals surface area (Å²) in [6, 6.07) is 18.1. The summed E-state index contributed by atoms with van der Waals surface area (Å²) in [6.07, 6.45) is 4.66. The molecule has 0 radical (unpaired) electrons. The molecule has 1 aromatic heterocycles. The summed E-state index contributed by atoms with van der Waals surface area (Å²) in [7, 11) is 0. The second kappa shape index (κ2) is 12.4. The molecule has 174 valence electrons. The molecule has 0 spiro atoms. The summed E-state index contributed by atoms with van der Waals surface area (Å²) in [5, 5.41) is 14.1. The van der Waals surface area contributed by atoms with Crippen LogP contribution in [-0.2, 0) is 19.6 Å². The average Bonchev–Trinajstić information content (AvgIpc) is 3.35. The lowest BCUT2D eigenvalue weighted by atomic mass is 10.1. The number of carbonyl (C=O) groups excluding carboxylic acids is 1. The van der Waals surface area contributed by atoms with Crippen molar-refractivity contribution in [3.8, 4) is 0 Å². The van der Waals surface area contributed by atoms with E-state index in [9.17, 15) is 4.79 Å². The fraction of sp³-hybridized carbons (Fsp3) is 0.346. The van der Waals surface area contributed by atoms with E-state index in [1.54, 1.807) is 6.20 Å². The van der Waals surface area contributed by atoms with Gasteiger partial charge < -0.3 is 16.0 Å². The van der Waals surface area contributed by atoms with Crippen LogP contribution >= 0.6 is 0 Å². The lowest BCUT2D eigenvalue weighted by Gasteiger charge is -2.14. The van der Waals surface area contributed by atoms with Crippen molar-refractivity contribution in [1.82, 2.24) is 25.7 Å². The Morgan fingerprint density at radius 1 is 1.06 bits per heavy atom. The molecule has 1 atom stereocenters. The first-order chi connectivity index (χ1) is 16.1. The van der Waals surface area contributed by atoms with Gasteiger partial charge in [-0.1, -0.05) is 43.3 Å². The number of benzene rings is 2. The molecule has 7 nitrogen and oxygen atoms in total. The predicted octanol–water partition coefficient (Wildman–Crippen LogP) is 3.72. The van der Waals surface area contributed by atoms with Crippen LogP contribution in [0.2, 0.25) is 0 Å². The predicted molar refractivity (Wildman–Crippen MR) is 133 cm³/mol. The van der Waals surface area contributed by atoms with Gasteiger partial charge in [0.2, 0.25) is 0 Å². The number of aromatic nitrogens is 2. The molecule has 0 bridgehead atoms. The Balaban J connectivity index is 1.65. The molecular formula is C26H34N6O. The molecule has 3 rings (SSSR count). The molecule has 0 aliphatic heterocycles. The van der Waals surface area contributed by atoms with Crippen LogP contribution in [0.1, 0.15) is 54.2 Å². The molecule has 3 aromatic rings. The number of rotatable bonds is 10. The number of guanidine groups is 1. The van der Waals surface area contributed by atoms with E-state index in [-0.39, 0.29) is 11.9 Å². The maximum Gasteiger partial charge on any atom is 0.251 e. The van der Waals surface area contributed by atoms with Crippen molar-refractivity contribution in [2.24, 2.45) is 4.99 Å². The second-order valence-electron chi connectivity index (χ2n) is 8.00. The maximum atomic E-state index is 12.4. The van der Waals surface area contributed by atoms with Gasteiger partial charge in [-0.3, -0.25) is 9.48 Å². The first-order valence-electron chi connectivity index (χ1n) is 11.5. The van der Waals surface area contributed by atoms with Gasteiger partial charge >= 0.3 is 0 Å². The summed E-state index contributed by atoms with van der Waals surface area (Å²) in [4.78, 5) is 17.2. The topological polar surface area (TPSA) is 83.3 Å². The first kappa shape index (κ1) is 24.0. The van der Waals surface area contributed by atoms with Gasteiger partial charge in [-0.15, -0.1) is 0 Å². The molecule has 2 aromatic carbocycles. The van der Waals surface area contributed by atoms with Crippen LogP contribution < -0.4 is 16.0 Å². The minimum absolute atomic E-state index is 0.0472. The Bertz CT molecular complexity index is 1040. The smallest absolute Gasteiger partial charge is 0.251 e. The molecule has 0 fully saturated rings. The Kier molecular flexibility index (Phi) is 9.06. The second-order valence-corrected chi connectivity index (χ2v) is 8.00. The number of nitrogens with zero attached hydrogens (tertiary/aromatic N) is 3. The van der Waals surface area contributed by atoms with Gasteiger partial charge in [0.15, 0.2) is 5.96 Å². The maximum absolute atomic E-state index is 12.4. The minimum atomic E-state index is -0.0472. The summed E-state index contributed by atoms with van der Waals surface area (Å²) < 4.78 is 1.92. The normalized spacial score (nSPS) is 12.3. The van der Waals surface area contributed by atoms with Crippen LogP contribution in [0, 0.1) is 0 Å². The number of nitrogens with one attached hydrogen (secondary N) is 3. The van der Waals surface area contributed by atoms with Crippen molar-refractivity contribution in [2.75, 3.05) is 6.54 Å². The van der Waals surface area contributed by atoms with Crippen LogP contribution in [0.4, 0.5) is 0 Å². The van der Waals surface area contributed by atoms with Gasteiger partial charge in [0, 0.05) is 37.1 Å². The molecule has 33 heavy (non-hydrogen) atoms. The van der Waals surface area contributed by atoms with Crippen LogP contribution in [-0.4, -0.2) is 34.2 Å². The van der Waals surface area contributed by atoms with Gasteiger partial charge in [0.25, 0.3) is 5.91 Å². The highest BCUT2D eigenvalue weighted by molar-refractivity contribution is 5.94. The quantitative estimate of drug-likeness (QED) is 0.327. The Morgan fingerprint density at radius 2 is 1.88 bits per heavy atom. The summed E-state index contributed by atoms with van der Waals surface area (Å²) in [5.41, 5.74) is 4.06. The number of hydrogen-bond acceptors (Lipinski definition) is 3. The van der Waals surface area contributed by atoms with E-state index >= 15 is 0 Å². The average molecular weight is 447 g/mol. The summed E-state index contributed by atoms with van der Waals surface area (Å²) in [5.74, 6) is 0.690. The number of hydrogen-bond donors (Lipinski definition) is 3. The summed E-state index contributed by atoms with van der Waals surface area (Å²) >= 11 is 0. The van der Waals surface area contributed by atoms with Crippen molar-refractivity contribution >= 4 is 11.9 Å². The largest absolute Gasteiger partial charge is 0.357 e. The number of aliphatic imine (C=N–C) groups is 1. The van der Waals surface area contributed by atoms with Crippen molar-refractivity contribution in [1.29, 1.82) is 0 Å². The third-order valence-corrected chi connectivity index (χ3v) is 5.40. The van der Waals surface area contributed by atoms with Crippen molar-refractivity contribution in [2.45, 2.75) is 52.9 Å². The lowest BCUT2D eigenvalue weighted by molar-refractivity contribution is 0.0939. The highest BCUT2D eigenvalue weighted by Gasteiger charge is 2.09. The Morgan fingerprint density at radius 3 is 2.61 bits per heavy atom. The van der Waals surface area contributed by atoms with Gasteiger partial charge in [-0.05, 0) is 55.2 Å². The van der Waals surface area contributed by atoms with Crippen LogP contribution in [0.15, 0.2) is 72.0 Å². The molecular weight excluding hydrogens is 412 g/mol. The fourth-order valence-electron chi connectivity index (χ4n) is 3.36. The first-order valence-corrected chi connectivity index (χ1v) is 11.5. The molecule has 3 N–H and O–H groups in total. The molecule has 0 saturated carbocycles. The third-order valence-electron chi connectivity index (χ3n) is 5.40. The standard InChI is InChI=1S/C26H34N6O/c1-4-20(3)31-25(33)22-13-8-10-21(16-22)17-28-26(27-5-2)29-18-23-11-6-7-12-24(23)19-32-15-9-14-30-32/h6-16,20H,4-5,17-19H2,1-3H3,(H,31,33)(H2,27,28,29). The Hall–Kier alpha value is -3.61. The van der Waals surface area contributed by atoms with Gasteiger partial charge in [-0.2, -0.15) is 5.10 Å². The molecule has 7 heteroatoms. The monoisotopic (exact) mass is 446 g/mol. The molecule has 1 amide bonds. The van der Waals surface area contributed by atoms with Crippen molar-refractivity contribution in [3.63, 3.8) is 0 Å². The van der Waals surface area contributed by atoms with E-state index in [0.717, 1.165) is 31.0 Å².